The first-order chi connectivity index (χ1) is 10.2. The minimum atomic E-state index is -0.00956. The van der Waals surface area contributed by atoms with Crippen molar-refractivity contribution in [2.24, 2.45) is 0 Å². The number of nitrogens with one attached hydrogen (secondary N) is 1. The van der Waals surface area contributed by atoms with Gasteiger partial charge in [-0.05, 0) is 35.8 Å². The number of carbonyl (C=O) groups excluding carboxylic acids is 1. The lowest BCUT2D eigenvalue weighted by molar-refractivity contribution is -0.114. The molecule has 0 fully saturated rings. The Morgan fingerprint density at radius 1 is 0.952 bits per heavy atom. The number of amides is 1. The molecule has 0 bridgehead atoms. The monoisotopic (exact) mass is 279 g/mol. The van der Waals surface area contributed by atoms with Gasteiger partial charge >= 0.3 is 0 Å². The Morgan fingerprint density at radius 3 is 2.19 bits per heavy atom. The highest BCUT2D eigenvalue weighted by atomic mass is 16.5. The van der Waals surface area contributed by atoms with E-state index in [-0.39, 0.29) is 5.91 Å². The minimum Gasteiger partial charge on any atom is -0.497 e. The molecule has 1 N–H and O–H groups in total. The molecule has 3 rings (SSSR count). The average molecular weight is 279 g/mol. The van der Waals surface area contributed by atoms with E-state index in [1.54, 1.807) is 7.11 Å². The third kappa shape index (κ3) is 2.55. The summed E-state index contributed by atoms with van der Waals surface area (Å²) < 4.78 is 5.18. The first kappa shape index (κ1) is 13.4. The third-order valence-corrected chi connectivity index (χ3v) is 3.73. The summed E-state index contributed by atoms with van der Waals surface area (Å²) in [5, 5.41) is 2.92. The SMILES string of the molecule is COc1ccc(C2=C(c3ccc(C)cc3)C(=O)NC2)cc1. The maximum absolute atomic E-state index is 12.2. The predicted molar refractivity (Wildman–Crippen MR) is 84.0 cm³/mol. The van der Waals surface area contributed by atoms with Crippen molar-refractivity contribution in [2.45, 2.75) is 6.92 Å². The summed E-state index contributed by atoms with van der Waals surface area (Å²) in [5.41, 5.74) is 4.99. The third-order valence-electron chi connectivity index (χ3n) is 3.73. The molecule has 21 heavy (non-hydrogen) atoms. The highest BCUT2D eigenvalue weighted by Crippen LogP contribution is 2.31. The van der Waals surface area contributed by atoms with Crippen molar-refractivity contribution in [3.8, 4) is 5.75 Å². The Hall–Kier alpha value is -2.55. The van der Waals surface area contributed by atoms with Gasteiger partial charge in [-0.1, -0.05) is 42.0 Å². The number of aryl methyl sites for hydroxylation is 1. The van der Waals surface area contributed by atoms with Crippen molar-refractivity contribution in [3.63, 3.8) is 0 Å². The lowest BCUT2D eigenvalue weighted by atomic mass is 9.96. The summed E-state index contributed by atoms with van der Waals surface area (Å²) in [6.45, 7) is 2.60. The molecule has 0 aliphatic carbocycles. The summed E-state index contributed by atoms with van der Waals surface area (Å²) in [4.78, 5) is 12.2. The van der Waals surface area contributed by atoms with Gasteiger partial charge in [-0.3, -0.25) is 4.79 Å². The molecule has 0 saturated heterocycles. The maximum Gasteiger partial charge on any atom is 0.252 e. The molecule has 2 aromatic carbocycles. The zero-order valence-electron chi connectivity index (χ0n) is 12.1. The van der Waals surface area contributed by atoms with Gasteiger partial charge in [0, 0.05) is 6.54 Å². The first-order valence-corrected chi connectivity index (χ1v) is 6.92. The molecule has 3 nitrogen and oxygen atoms in total. The Balaban J connectivity index is 2.07. The Labute approximate surface area is 124 Å². The van der Waals surface area contributed by atoms with Crippen molar-refractivity contribution in [1.29, 1.82) is 0 Å². The molecule has 0 radical (unpaired) electrons. The van der Waals surface area contributed by atoms with Crippen molar-refractivity contribution in [3.05, 3.63) is 65.2 Å². The van der Waals surface area contributed by atoms with Crippen LogP contribution in [0.4, 0.5) is 0 Å². The zero-order valence-corrected chi connectivity index (χ0v) is 12.1. The molecular weight excluding hydrogens is 262 g/mol. The van der Waals surface area contributed by atoms with E-state index < -0.39 is 0 Å². The van der Waals surface area contributed by atoms with Gasteiger partial charge in [0.2, 0.25) is 0 Å². The topological polar surface area (TPSA) is 38.3 Å². The van der Waals surface area contributed by atoms with Crippen LogP contribution in [-0.4, -0.2) is 19.6 Å². The molecule has 1 aliphatic rings. The van der Waals surface area contributed by atoms with Crippen LogP contribution in [0.1, 0.15) is 16.7 Å². The molecule has 2 aromatic rings. The molecule has 0 saturated carbocycles. The van der Waals surface area contributed by atoms with E-state index in [1.807, 2.05) is 55.5 Å². The zero-order chi connectivity index (χ0) is 14.8. The summed E-state index contributed by atoms with van der Waals surface area (Å²) in [5.74, 6) is 0.804. The lowest BCUT2D eigenvalue weighted by Gasteiger charge is -2.07. The van der Waals surface area contributed by atoms with E-state index in [9.17, 15) is 4.79 Å². The molecule has 0 aromatic heterocycles. The molecule has 1 aliphatic heterocycles. The van der Waals surface area contributed by atoms with Crippen molar-refractivity contribution in [1.82, 2.24) is 5.32 Å². The number of methoxy groups -OCH3 is 1. The van der Waals surface area contributed by atoms with Crippen LogP contribution in [0.2, 0.25) is 0 Å². The second-order valence-corrected chi connectivity index (χ2v) is 5.13. The van der Waals surface area contributed by atoms with Crippen molar-refractivity contribution in [2.75, 3.05) is 13.7 Å². The smallest absolute Gasteiger partial charge is 0.252 e. The van der Waals surface area contributed by atoms with Crippen molar-refractivity contribution < 1.29 is 9.53 Å². The Kier molecular flexibility index (Phi) is 3.48. The van der Waals surface area contributed by atoms with E-state index in [2.05, 4.69) is 5.32 Å². The van der Waals surface area contributed by atoms with Crippen molar-refractivity contribution >= 4 is 17.1 Å². The second-order valence-electron chi connectivity index (χ2n) is 5.13. The van der Waals surface area contributed by atoms with Crippen LogP contribution < -0.4 is 10.1 Å². The van der Waals surface area contributed by atoms with Gasteiger partial charge in [-0.15, -0.1) is 0 Å². The van der Waals surface area contributed by atoms with Crippen LogP contribution in [0.3, 0.4) is 0 Å². The Bertz CT molecular complexity index is 697. The second kappa shape index (κ2) is 5.44. The molecule has 0 unspecified atom stereocenters. The Morgan fingerprint density at radius 2 is 1.57 bits per heavy atom. The van der Waals surface area contributed by atoms with Crippen LogP contribution in [0, 0.1) is 6.92 Å². The van der Waals surface area contributed by atoms with Gasteiger partial charge in [0.05, 0.1) is 12.7 Å². The number of ether oxygens (including phenoxy) is 1. The summed E-state index contributed by atoms with van der Waals surface area (Å²) in [6.07, 6.45) is 0. The molecule has 1 amide bonds. The standard InChI is InChI=1S/C18H17NO2/c1-12-3-5-14(6-4-12)17-16(11-19-18(17)20)13-7-9-15(21-2)10-8-13/h3-10H,11H2,1-2H3,(H,19,20). The van der Waals surface area contributed by atoms with Gasteiger partial charge in [0.25, 0.3) is 5.91 Å². The van der Waals surface area contributed by atoms with Gasteiger partial charge in [0.15, 0.2) is 0 Å². The fraction of sp³-hybridized carbons (Fsp3) is 0.167. The minimum absolute atomic E-state index is 0.00956. The normalized spacial score (nSPS) is 14.3. The largest absolute Gasteiger partial charge is 0.497 e. The highest BCUT2D eigenvalue weighted by Gasteiger charge is 2.24. The average Bonchev–Trinajstić information content (AvgIpc) is 2.90. The van der Waals surface area contributed by atoms with Crippen LogP contribution in [0.25, 0.3) is 11.1 Å². The molecule has 1 heterocycles. The number of benzene rings is 2. The van der Waals surface area contributed by atoms with Crippen LogP contribution in [0.15, 0.2) is 48.5 Å². The molecule has 3 heteroatoms. The number of carbonyl (C=O) groups is 1. The highest BCUT2D eigenvalue weighted by molar-refractivity contribution is 6.30. The van der Waals surface area contributed by atoms with E-state index in [0.717, 1.165) is 28.0 Å². The van der Waals surface area contributed by atoms with Gasteiger partial charge < -0.3 is 10.1 Å². The fourth-order valence-electron chi connectivity index (χ4n) is 2.55. The van der Waals surface area contributed by atoms with Gasteiger partial charge in [-0.25, -0.2) is 0 Å². The first-order valence-electron chi connectivity index (χ1n) is 6.92. The summed E-state index contributed by atoms with van der Waals surface area (Å²) in [7, 11) is 1.65. The molecular formula is C18H17NO2. The lowest BCUT2D eigenvalue weighted by Crippen LogP contribution is -2.16. The van der Waals surface area contributed by atoms with Crippen LogP contribution >= 0.6 is 0 Å². The van der Waals surface area contributed by atoms with Gasteiger partial charge in [-0.2, -0.15) is 0 Å². The molecule has 106 valence electrons. The predicted octanol–water partition coefficient (Wildman–Crippen LogP) is 3.04. The summed E-state index contributed by atoms with van der Waals surface area (Å²) in [6, 6.07) is 15.9. The quantitative estimate of drug-likeness (QED) is 0.937. The summed E-state index contributed by atoms with van der Waals surface area (Å²) >= 11 is 0. The molecule has 0 spiro atoms. The number of rotatable bonds is 3. The van der Waals surface area contributed by atoms with Crippen LogP contribution in [-0.2, 0) is 4.79 Å². The van der Waals surface area contributed by atoms with Gasteiger partial charge in [0.1, 0.15) is 5.75 Å². The van der Waals surface area contributed by atoms with E-state index in [1.165, 1.54) is 5.56 Å². The number of hydrogen-bond acceptors (Lipinski definition) is 2. The fourth-order valence-corrected chi connectivity index (χ4v) is 2.55. The molecule has 0 atom stereocenters. The maximum atomic E-state index is 12.2. The van der Waals surface area contributed by atoms with E-state index in [4.69, 9.17) is 4.74 Å². The van der Waals surface area contributed by atoms with Crippen LogP contribution in [0.5, 0.6) is 5.75 Å². The number of hydrogen-bond donors (Lipinski definition) is 1. The van der Waals surface area contributed by atoms with E-state index in [0.29, 0.717) is 6.54 Å². The van der Waals surface area contributed by atoms with E-state index >= 15 is 0 Å².